The first-order valence-electron chi connectivity index (χ1n) is 16.0. The summed E-state index contributed by atoms with van der Waals surface area (Å²) in [6, 6.07) is 6.24. The molecule has 0 fully saturated rings. The van der Waals surface area contributed by atoms with Gasteiger partial charge in [0.2, 0.25) is 23.6 Å². The molecule has 14 heteroatoms. The van der Waals surface area contributed by atoms with E-state index >= 15 is 0 Å². The van der Waals surface area contributed by atoms with Crippen LogP contribution in [0.2, 0.25) is 0 Å². The Hall–Kier alpha value is -4.30. The molecule has 0 aromatic heterocycles. The third kappa shape index (κ3) is 24.6. The molecule has 6 amide bonds. The molecule has 0 aliphatic heterocycles. The van der Waals surface area contributed by atoms with Crippen LogP contribution in [0.3, 0.4) is 0 Å². The Labute approximate surface area is 279 Å². The Morgan fingerprint density at radius 3 is 2.04 bits per heavy atom. The number of rotatable bonds is 20. The van der Waals surface area contributed by atoms with Gasteiger partial charge in [0.15, 0.2) is 0 Å². The van der Waals surface area contributed by atoms with Gasteiger partial charge in [0, 0.05) is 38.3 Å². The maximum Gasteiger partial charge on any atom is 0.312 e. The molecule has 0 saturated carbocycles. The Bertz CT molecular complexity index is 1080. The number of nitrogens with zero attached hydrogens (tertiary/aromatic N) is 1. The number of aryl methyl sites for hydroxylation is 1. The summed E-state index contributed by atoms with van der Waals surface area (Å²) < 4.78 is 10.8. The standard InChI is InChI=1S/C27H40N4O7.C4H10N2O.C2H6/c1-5-21-8-10-22(11-9-21)29-24(34)19-28-27(36)26(20(2)3)30-23(33)12-15-37-17-18-38-16-13-31(4)25(35)7-6-14-32;1-2-3-6-4(5)7;1-2/h6-11,14,20,26H,5,12-13,15-19H2,1-4H3,(H,28,36)(H,29,34)(H,30,33);2-3H2,1H3,(H3,5,6,7);1-2H3/b7-6-;;. The van der Waals surface area contributed by atoms with Crippen molar-refractivity contribution in [2.45, 2.75) is 66.8 Å². The van der Waals surface area contributed by atoms with Crippen molar-refractivity contribution < 1.29 is 38.2 Å². The maximum atomic E-state index is 12.6. The van der Waals surface area contributed by atoms with Crippen molar-refractivity contribution in [3.05, 3.63) is 42.0 Å². The average Bonchev–Trinajstić information content (AvgIpc) is 3.06. The number of primary amides is 1. The summed E-state index contributed by atoms with van der Waals surface area (Å²) >= 11 is 0. The highest BCUT2D eigenvalue weighted by Crippen LogP contribution is 2.09. The molecule has 0 spiro atoms. The van der Waals surface area contributed by atoms with Gasteiger partial charge in [-0.3, -0.25) is 24.0 Å². The normalized spacial score (nSPS) is 10.8. The van der Waals surface area contributed by atoms with E-state index in [1.807, 2.05) is 52.0 Å². The number of hydrogen-bond acceptors (Lipinski definition) is 8. The highest BCUT2D eigenvalue weighted by Gasteiger charge is 2.24. The van der Waals surface area contributed by atoms with E-state index < -0.39 is 18.0 Å². The van der Waals surface area contributed by atoms with E-state index in [4.69, 9.17) is 15.2 Å². The highest BCUT2D eigenvalue weighted by molar-refractivity contribution is 5.96. The van der Waals surface area contributed by atoms with Crippen LogP contribution in [0.5, 0.6) is 0 Å². The van der Waals surface area contributed by atoms with E-state index in [-0.39, 0.29) is 56.4 Å². The highest BCUT2D eigenvalue weighted by atomic mass is 16.5. The molecule has 0 saturated heterocycles. The van der Waals surface area contributed by atoms with Gasteiger partial charge in [0.05, 0.1) is 33.0 Å². The van der Waals surface area contributed by atoms with Crippen molar-refractivity contribution >= 4 is 41.6 Å². The second kappa shape index (κ2) is 29.1. The molecule has 1 unspecified atom stereocenters. The molecule has 0 aliphatic carbocycles. The number of likely N-dealkylation sites (N-methyl/N-ethyl adjacent to an activating group) is 1. The van der Waals surface area contributed by atoms with E-state index in [0.29, 0.717) is 31.7 Å². The van der Waals surface area contributed by atoms with Crippen LogP contribution in [0, 0.1) is 5.92 Å². The smallest absolute Gasteiger partial charge is 0.312 e. The SMILES string of the molecule is CC.CCCNC(N)=O.CCc1ccc(NC(=O)CNC(=O)C(NC(=O)CCOCCOCCN(C)C(=O)/C=C\C=O)C(C)C)cc1. The summed E-state index contributed by atoms with van der Waals surface area (Å²) in [5, 5.41) is 10.4. The van der Waals surface area contributed by atoms with Gasteiger partial charge in [0.1, 0.15) is 12.3 Å². The van der Waals surface area contributed by atoms with Crippen LogP contribution in [0.15, 0.2) is 36.4 Å². The molecule has 266 valence electrons. The first-order valence-corrected chi connectivity index (χ1v) is 16.0. The van der Waals surface area contributed by atoms with Gasteiger partial charge >= 0.3 is 6.03 Å². The Morgan fingerprint density at radius 1 is 0.915 bits per heavy atom. The molecule has 0 heterocycles. The van der Waals surface area contributed by atoms with Crippen molar-refractivity contribution in [3.63, 3.8) is 0 Å². The average molecular weight is 665 g/mol. The lowest BCUT2D eigenvalue weighted by Crippen LogP contribution is -2.51. The fourth-order valence-electron chi connectivity index (χ4n) is 3.38. The topological polar surface area (TPSA) is 198 Å². The lowest BCUT2D eigenvalue weighted by molar-refractivity contribution is -0.131. The summed E-state index contributed by atoms with van der Waals surface area (Å²) in [5.74, 6) is -1.62. The Kier molecular flexibility index (Phi) is 27.8. The van der Waals surface area contributed by atoms with Gasteiger partial charge in [-0.15, -0.1) is 0 Å². The van der Waals surface area contributed by atoms with Gasteiger partial charge in [0.25, 0.3) is 0 Å². The Morgan fingerprint density at radius 2 is 1.53 bits per heavy atom. The van der Waals surface area contributed by atoms with E-state index in [0.717, 1.165) is 24.5 Å². The number of carbonyl (C=O) groups is 6. The van der Waals surface area contributed by atoms with E-state index in [9.17, 15) is 28.8 Å². The predicted molar refractivity (Wildman–Crippen MR) is 183 cm³/mol. The number of nitrogens with one attached hydrogen (secondary N) is 4. The summed E-state index contributed by atoms with van der Waals surface area (Å²) in [6.45, 7) is 13.4. The van der Waals surface area contributed by atoms with E-state index in [2.05, 4.69) is 21.3 Å². The summed E-state index contributed by atoms with van der Waals surface area (Å²) in [5.41, 5.74) is 6.53. The van der Waals surface area contributed by atoms with Gasteiger partial charge in [-0.1, -0.05) is 53.7 Å². The summed E-state index contributed by atoms with van der Waals surface area (Å²) in [6.07, 6.45) is 4.74. The molecule has 1 atom stereocenters. The van der Waals surface area contributed by atoms with Crippen LogP contribution in [0.4, 0.5) is 10.5 Å². The first-order chi connectivity index (χ1) is 22.4. The molecule has 1 aromatic rings. The zero-order valence-electron chi connectivity index (χ0n) is 29.1. The lowest BCUT2D eigenvalue weighted by atomic mass is 10.0. The number of hydrogen-bond donors (Lipinski definition) is 5. The number of nitrogens with two attached hydrogens (primary N) is 1. The largest absolute Gasteiger partial charge is 0.379 e. The van der Waals surface area contributed by atoms with Crippen LogP contribution in [0.1, 0.15) is 59.9 Å². The molecule has 0 bridgehead atoms. The number of urea groups is 1. The van der Waals surface area contributed by atoms with Gasteiger partial charge in [-0.2, -0.15) is 0 Å². The first kappa shape index (κ1) is 44.8. The molecule has 1 aromatic carbocycles. The fourth-order valence-corrected chi connectivity index (χ4v) is 3.38. The number of allylic oxidation sites excluding steroid dienone is 1. The van der Waals surface area contributed by atoms with Crippen LogP contribution < -0.4 is 27.0 Å². The molecule has 14 nitrogen and oxygen atoms in total. The number of anilines is 1. The number of carbonyl (C=O) groups excluding carboxylic acids is 6. The van der Waals surface area contributed by atoms with Crippen LogP contribution in [-0.2, 0) is 39.9 Å². The number of aldehydes is 1. The number of ether oxygens (including phenoxy) is 2. The Balaban J connectivity index is 0. The quantitative estimate of drug-likeness (QED) is 0.0794. The van der Waals surface area contributed by atoms with Crippen LogP contribution >= 0.6 is 0 Å². The zero-order chi connectivity index (χ0) is 36.0. The molecule has 0 aliphatic rings. The number of amides is 6. The molecular weight excluding hydrogens is 608 g/mol. The number of benzene rings is 1. The summed E-state index contributed by atoms with van der Waals surface area (Å²) in [7, 11) is 1.60. The van der Waals surface area contributed by atoms with E-state index in [1.165, 1.54) is 11.0 Å². The lowest BCUT2D eigenvalue weighted by Gasteiger charge is -2.21. The van der Waals surface area contributed by atoms with Crippen molar-refractivity contribution in [1.29, 1.82) is 0 Å². The fraction of sp³-hybridized carbons (Fsp3) is 0.576. The predicted octanol–water partition coefficient (Wildman–Crippen LogP) is 2.17. The minimum atomic E-state index is -0.788. The second-order valence-corrected chi connectivity index (χ2v) is 10.1. The molecule has 6 N–H and O–H groups in total. The van der Waals surface area contributed by atoms with Gasteiger partial charge in [-0.25, -0.2) is 4.79 Å². The minimum absolute atomic E-state index is 0.0606. The third-order valence-corrected chi connectivity index (χ3v) is 5.99. The minimum Gasteiger partial charge on any atom is -0.379 e. The van der Waals surface area contributed by atoms with Crippen molar-refractivity contribution in [2.75, 3.05) is 58.4 Å². The van der Waals surface area contributed by atoms with Gasteiger partial charge < -0.3 is 41.4 Å². The molecule has 47 heavy (non-hydrogen) atoms. The van der Waals surface area contributed by atoms with Crippen LogP contribution in [-0.4, -0.2) is 100.0 Å². The second-order valence-electron chi connectivity index (χ2n) is 10.1. The molecule has 0 radical (unpaired) electrons. The van der Waals surface area contributed by atoms with Crippen molar-refractivity contribution in [2.24, 2.45) is 11.7 Å². The van der Waals surface area contributed by atoms with Crippen molar-refractivity contribution in [1.82, 2.24) is 20.9 Å². The molecule has 1 rings (SSSR count). The van der Waals surface area contributed by atoms with Gasteiger partial charge in [-0.05, 0) is 42.5 Å². The maximum absolute atomic E-state index is 12.6. The third-order valence-electron chi connectivity index (χ3n) is 5.99. The summed E-state index contributed by atoms with van der Waals surface area (Å²) in [4.78, 5) is 70.2. The zero-order valence-corrected chi connectivity index (χ0v) is 29.1. The van der Waals surface area contributed by atoms with E-state index in [1.54, 1.807) is 20.9 Å². The van der Waals surface area contributed by atoms with Crippen LogP contribution in [0.25, 0.3) is 0 Å². The monoisotopic (exact) mass is 664 g/mol. The molecular formula is C33H56N6O8. The van der Waals surface area contributed by atoms with Crippen molar-refractivity contribution in [3.8, 4) is 0 Å².